The van der Waals surface area contributed by atoms with Gasteiger partial charge in [-0.3, -0.25) is 9.36 Å². The first-order valence-corrected chi connectivity index (χ1v) is 6.92. The van der Waals surface area contributed by atoms with Crippen LogP contribution in [0.15, 0.2) is 63.8 Å². The third kappa shape index (κ3) is 2.79. The maximum Gasteiger partial charge on any atom is 0.419 e. The summed E-state index contributed by atoms with van der Waals surface area (Å²) in [4.78, 5) is 23.8. The van der Waals surface area contributed by atoms with Crippen LogP contribution in [-0.4, -0.2) is 10.4 Å². The van der Waals surface area contributed by atoms with Crippen LogP contribution in [0.4, 0.5) is 0 Å². The number of para-hydroxylation sites is 2. The standard InChI is InChI=1S/C17H15NO3/c19-15(13-7-2-1-3-8-13)10-6-12-18-14-9-4-5-11-16(14)21-17(18)20/h1-5,7-9,11H,6,10,12H2. The predicted octanol–water partition coefficient (Wildman–Crippen LogP) is 3.26. The fourth-order valence-electron chi connectivity index (χ4n) is 2.39. The van der Waals surface area contributed by atoms with Crippen molar-refractivity contribution in [3.05, 3.63) is 70.7 Å². The molecule has 0 fully saturated rings. The summed E-state index contributed by atoms with van der Waals surface area (Å²) in [6.45, 7) is 0.481. The minimum atomic E-state index is -0.372. The summed E-state index contributed by atoms with van der Waals surface area (Å²) < 4.78 is 6.74. The molecule has 0 unspecified atom stereocenters. The zero-order chi connectivity index (χ0) is 14.7. The van der Waals surface area contributed by atoms with Gasteiger partial charge in [-0.05, 0) is 18.6 Å². The summed E-state index contributed by atoms with van der Waals surface area (Å²) in [6, 6.07) is 16.5. The molecule has 4 heteroatoms. The van der Waals surface area contributed by atoms with Crippen LogP contribution < -0.4 is 5.76 Å². The van der Waals surface area contributed by atoms with Gasteiger partial charge in [0.25, 0.3) is 0 Å². The molecule has 0 saturated carbocycles. The molecule has 0 aliphatic heterocycles. The molecule has 3 aromatic rings. The molecule has 0 radical (unpaired) electrons. The van der Waals surface area contributed by atoms with E-state index in [0.29, 0.717) is 30.5 Å². The normalized spacial score (nSPS) is 10.9. The second-order valence-corrected chi connectivity index (χ2v) is 4.88. The third-order valence-electron chi connectivity index (χ3n) is 3.46. The molecule has 4 nitrogen and oxygen atoms in total. The lowest BCUT2D eigenvalue weighted by molar-refractivity contribution is 0.0978. The van der Waals surface area contributed by atoms with Gasteiger partial charge in [0.2, 0.25) is 0 Å². The number of hydrogen-bond donors (Lipinski definition) is 0. The van der Waals surface area contributed by atoms with Crippen molar-refractivity contribution in [3.8, 4) is 0 Å². The smallest absolute Gasteiger partial charge is 0.408 e. The fraction of sp³-hybridized carbons (Fsp3) is 0.176. The van der Waals surface area contributed by atoms with Gasteiger partial charge in [0, 0.05) is 18.5 Å². The molecule has 0 atom stereocenters. The van der Waals surface area contributed by atoms with Crippen molar-refractivity contribution in [2.45, 2.75) is 19.4 Å². The highest BCUT2D eigenvalue weighted by atomic mass is 16.4. The van der Waals surface area contributed by atoms with E-state index in [1.165, 1.54) is 0 Å². The highest BCUT2D eigenvalue weighted by molar-refractivity contribution is 5.95. The van der Waals surface area contributed by atoms with Gasteiger partial charge >= 0.3 is 5.76 Å². The van der Waals surface area contributed by atoms with Crippen molar-refractivity contribution in [2.75, 3.05) is 0 Å². The molecular weight excluding hydrogens is 266 g/mol. The van der Waals surface area contributed by atoms with E-state index < -0.39 is 0 Å². The largest absolute Gasteiger partial charge is 0.419 e. The van der Waals surface area contributed by atoms with Crippen molar-refractivity contribution in [1.82, 2.24) is 4.57 Å². The Morgan fingerprint density at radius 3 is 2.52 bits per heavy atom. The van der Waals surface area contributed by atoms with Crippen molar-refractivity contribution < 1.29 is 9.21 Å². The molecule has 1 aromatic heterocycles. The van der Waals surface area contributed by atoms with E-state index in [-0.39, 0.29) is 11.5 Å². The zero-order valence-electron chi connectivity index (χ0n) is 11.5. The van der Waals surface area contributed by atoms with Gasteiger partial charge in [0.15, 0.2) is 11.4 Å². The minimum Gasteiger partial charge on any atom is -0.408 e. The van der Waals surface area contributed by atoms with Crippen molar-refractivity contribution in [2.24, 2.45) is 0 Å². The number of hydrogen-bond acceptors (Lipinski definition) is 3. The van der Waals surface area contributed by atoms with Crippen LogP contribution >= 0.6 is 0 Å². The van der Waals surface area contributed by atoms with Crippen LogP contribution in [0, 0.1) is 0 Å². The Hall–Kier alpha value is -2.62. The Kier molecular flexibility index (Phi) is 3.69. The Balaban J connectivity index is 1.69. The molecule has 0 spiro atoms. The monoisotopic (exact) mass is 281 g/mol. The lowest BCUT2D eigenvalue weighted by Crippen LogP contribution is -2.15. The van der Waals surface area contributed by atoms with Crippen LogP contribution in [0.25, 0.3) is 11.1 Å². The maximum atomic E-state index is 12.0. The summed E-state index contributed by atoms with van der Waals surface area (Å²) in [7, 11) is 0. The molecule has 2 aromatic carbocycles. The second kappa shape index (κ2) is 5.79. The Labute approximate surface area is 121 Å². The Bertz CT molecular complexity index is 815. The van der Waals surface area contributed by atoms with Gasteiger partial charge in [0.1, 0.15) is 0 Å². The van der Waals surface area contributed by atoms with Crippen molar-refractivity contribution in [3.63, 3.8) is 0 Å². The molecule has 0 saturated heterocycles. The van der Waals surface area contributed by atoms with E-state index in [1.54, 1.807) is 10.6 Å². The van der Waals surface area contributed by atoms with Gasteiger partial charge < -0.3 is 4.42 Å². The fourth-order valence-corrected chi connectivity index (χ4v) is 2.39. The molecule has 0 amide bonds. The van der Waals surface area contributed by atoms with E-state index in [0.717, 1.165) is 5.52 Å². The van der Waals surface area contributed by atoms with E-state index in [9.17, 15) is 9.59 Å². The zero-order valence-corrected chi connectivity index (χ0v) is 11.5. The number of carbonyl (C=O) groups excluding carboxylic acids is 1. The highest BCUT2D eigenvalue weighted by Gasteiger charge is 2.09. The number of Topliss-reactive ketones (excluding diaryl/α,β-unsaturated/α-hetero) is 1. The third-order valence-corrected chi connectivity index (χ3v) is 3.46. The first kappa shape index (κ1) is 13.4. The molecular formula is C17H15NO3. The number of aromatic nitrogens is 1. The molecule has 0 aliphatic rings. The van der Waals surface area contributed by atoms with E-state index in [4.69, 9.17) is 4.42 Å². The van der Waals surface area contributed by atoms with E-state index in [2.05, 4.69) is 0 Å². The van der Waals surface area contributed by atoms with Gasteiger partial charge in [-0.15, -0.1) is 0 Å². The van der Waals surface area contributed by atoms with Crippen LogP contribution in [0.3, 0.4) is 0 Å². The van der Waals surface area contributed by atoms with Crippen LogP contribution in [0.1, 0.15) is 23.2 Å². The molecule has 3 rings (SSSR count). The second-order valence-electron chi connectivity index (χ2n) is 4.88. The van der Waals surface area contributed by atoms with E-state index in [1.807, 2.05) is 48.5 Å². The lowest BCUT2D eigenvalue weighted by Gasteiger charge is -2.02. The van der Waals surface area contributed by atoms with Crippen LogP contribution in [0.5, 0.6) is 0 Å². The quantitative estimate of drug-likeness (QED) is 0.674. The van der Waals surface area contributed by atoms with Gasteiger partial charge in [-0.25, -0.2) is 4.79 Å². The number of ketones is 1. The number of aryl methyl sites for hydroxylation is 1. The number of carbonyl (C=O) groups is 1. The number of fused-ring (bicyclic) bond motifs is 1. The molecule has 0 bridgehead atoms. The average molecular weight is 281 g/mol. The van der Waals surface area contributed by atoms with Gasteiger partial charge in [-0.2, -0.15) is 0 Å². The molecule has 1 heterocycles. The topological polar surface area (TPSA) is 52.2 Å². The maximum absolute atomic E-state index is 12.0. The van der Waals surface area contributed by atoms with Crippen LogP contribution in [0.2, 0.25) is 0 Å². The SMILES string of the molecule is O=C(CCCn1c(=O)oc2ccccc21)c1ccccc1. The minimum absolute atomic E-state index is 0.0939. The highest BCUT2D eigenvalue weighted by Crippen LogP contribution is 2.13. The first-order valence-electron chi connectivity index (χ1n) is 6.92. The molecule has 106 valence electrons. The number of oxazole rings is 1. The Morgan fingerprint density at radius 1 is 1.00 bits per heavy atom. The average Bonchev–Trinajstić information content (AvgIpc) is 2.84. The summed E-state index contributed by atoms with van der Waals surface area (Å²) in [5.74, 6) is -0.278. The molecule has 21 heavy (non-hydrogen) atoms. The van der Waals surface area contributed by atoms with Crippen molar-refractivity contribution in [1.29, 1.82) is 0 Å². The number of rotatable bonds is 5. The molecule has 0 N–H and O–H groups in total. The number of benzene rings is 2. The summed E-state index contributed by atoms with van der Waals surface area (Å²) >= 11 is 0. The van der Waals surface area contributed by atoms with Crippen molar-refractivity contribution >= 4 is 16.9 Å². The Morgan fingerprint density at radius 2 is 1.71 bits per heavy atom. The van der Waals surface area contributed by atoms with Gasteiger partial charge in [-0.1, -0.05) is 42.5 Å². The van der Waals surface area contributed by atoms with Crippen LogP contribution in [-0.2, 0) is 6.54 Å². The molecule has 0 aliphatic carbocycles. The first-order chi connectivity index (χ1) is 10.3. The summed E-state index contributed by atoms with van der Waals surface area (Å²) in [5.41, 5.74) is 2.06. The summed E-state index contributed by atoms with van der Waals surface area (Å²) in [5, 5.41) is 0. The lowest BCUT2D eigenvalue weighted by atomic mass is 10.1. The number of nitrogens with zero attached hydrogens (tertiary/aromatic N) is 1. The predicted molar refractivity (Wildman–Crippen MR) is 80.5 cm³/mol. The summed E-state index contributed by atoms with van der Waals surface area (Å²) in [6.07, 6.45) is 1.02. The van der Waals surface area contributed by atoms with E-state index >= 15 is 0 Å². The van der Waals surface area contributed by atoms with Gasteiger partial charge in [0.05, 0.1) is 5.52 Å².